The summed E-state index contributed by atoms with van der Waals surface area (Å²) in [5, 5.41) is 0.395. The van der Waals surface area contributed by atoms with E-state index in [0.29, 0.717) is 5.33 Å². The first-order valence-electron chi connectivity index (χ1n) is 2.52. The van der Waals surface area contributed by atoms with Crippen molar-refractivity contribution in [2.24, 2.45) is 0 Å². The molecule has 0 saturated carbocycles. The molecule has 0 radical (unpaired) electrons. The van der Waals surface area contributed by atoms with Crippen LogP contribution in [0.3, 0.4) is 0 Å². The van der Waals surface area contributed by atoms with E-state index in [2.05, 4.69) is 31.9 Å². The van der Waals surface area contributed by atoms with E-state index in [1.54, 1.807) is 0 Å². The summed E-state index contributed by atoms with van der Waals surface area (Å²) >= 11 is 11.3. The Bertz CT molecular complexity index is 180. The lowest BCUT2D eigenvalue weighted by atomic mass is 10.9. The van der Waals surface area contributed by atoms with E-state index in [-0.39, 0.29) is 11.6 Å². The predicted octanol–water partition coefficient (Wildman–Crippen LogP) is 1.76. The molecule has 0 aromatic heterocycles. The molecule has 0 saturated heterocycles. The monoisotopic (exact) mass is 312 g/mol. The minimum absolute atomic E-state index is 0.0239. The molecule has 0 aliphatic carbocycles. The van der Waals surface area contributed by atoms with Crippen LogP contribution in [0.2, 0.25) is 0 Å². The van der Waals surface area contributed by atoms with Crippen LogP contribution in [-0.4, -0.2) is 29.5 Å². The van der Waals surface area contributed by atoms with E-state index in [0.717, 1.165) is 0 Å². The summed E-state index contributed by atoms with van der Waals surface area (Å²) in [7, 11) is -3.02. The molecule has 0 aromatic carbocycles. The second-order valence-electron chi connectivity index (χ2n) is 1.62. The Hall–Kier alpha value is 1.20. The van der Waals surface area contributed by atoms with Crippen molar-refractivity contribution in [3.8, 4) is 0 Å². The van der Waals surface area contributed by atoms with Crippen molar-refractivity contribution < 1.29 is 8.42 Å². The van der Waals surface area contributed by atoms with E-state index in [9.17, 15) is 8.42 Å². The molecule has 0 aliphatic rings. The number of hydrogen-bond acceptors (Lipinski definition) is 2. The van der Waals surface area contributed by atoms with Crippen LogP contribution in [0.5, 0.6) is 0 Å². The summed E-state index contributed by atoms with van der Waals surface area (Å²) in [5.41, 5.74) is 0. The van der Waals surface area contributed by atoms with Gasteiger partial charge in [-0.1, -0.05) is 31.9 Å². The highest BCUT2D eigenvalue weighted by Crippen LogP contribution is 2.12. The standard InChI is InChI=1S/C4H7Br2ClO2S/c5-3-4(6)10(8,9)2-1-7/h4H,1-3H2. The van der Waals surface area contributed by atoms with Crippen LogP contribution in [-0.2, 0) is 9.84 Å². The lowest BCUT2D eigenvalue weighted by molar-refractivity contribution is 0.597. The molecule has 10 heavy (non-hydrogen) atoms. The molecule has 0 bridgehead atoms. The fourth-order valence-electron chi connectivity index (χ4n) is 0.331. The fourth-order valence-corrected chi connectivity index (χ4v) is 3.41. The molecule has 0 heterocycles. The van der Waals surface area contributed by atoms with Crippen molar-refractivity contribution in [2.45, 2.75) is 4.16 Å². The van der Waals surface area contributed by atoms with Gasteiger partial charge in [-0.15, -0.1) is 11.6 Å². The molecule has 0 spiro atoms. The Morgan fingerprint density at radius 2 is 2.00 bits per heavy atom. The Kier molecular flexibility index (Phi) is 5.55. The van der Waals surface area contributed by atoms with Gasteiger partial charge in [-0.2, -0.15) is 0 Å². The molecular formula is C4H7Br2ClO2S. The van der Waals surface area contributed by atoms with Crippen LogP contribution >= 0.6 is 43.5 Å². The van der Waals surface area contributed by atoms with Gasteiger partial charge in [-0.05, 0) is 0 Å². The van der Waals surface area contributed by atoms with Crippen molar-refractivity contribution in [3.63, 3.8) is 0 Å². The highest BCUT2D eigenvalue weighted by atomic mass is 79.9. The van der Waals surface area contributed by atoms with Crippen LogP contribution in [0.4, 0.5) is 0 Å². The van der Waals surface area contributed by atoms with Gasteiger partial charge >= 0.3 is 0 Å². The number of hydrogen-bond donors (Lipinski definition) is 0. The molecule has 1 unspecified atom stereocenters. The summed E-state index contributed by atoms with van der Waals surface area (Å²) in [4.78, 5) is 0. The first-order valence-corrected chi connectivity index (χ1v) is 6.81. The summed E-state index contributed by atoms with van der Waals surface area (Å²) in [6.07, 6.45) is 0. The maximum Gasteiger partial charge on any atom is 0.165 e. The van der Waals surface area contributed by atoms with E-state index in [1.807, 2.05) is 0 Å². The van der Waals surface area contributed by atoms with Crippen molar-refractivity contribution in [1.29, 1.82) is 0 Å². The smallest absolute Gasteiger partial charge is 0.165 e. The summed E-state index contributed by atoms with van der Waals surface area (Å²) in [6, 6.07) is 0. The van der Waals surface area contributed by atoms with E-state index < -0.39 is 14.0 Å². The van der Waals surface area contributed by atoms with Gasteiger partial charge in [0.2, 0.25) is 0 Å². The van der Waals surface area contributed by atoms with Gasteiger partial charge in [0.25, 0.3) is 0 Å². The zero-order chi connectivity index (χ0) is 8.20. The molecule has 62 valence electrons. The topological polar surface area (TPSA) is 34.1 Å². The summed E-state index contributed by atoms with van der Waals surface area (Å²) in [5.74, 6) is 0.174. The molecule has 6 heteroatoms. The highest BCUT2D eigenvalue weighted by Gasteiger charge is 2.19. The fraction of sp³-hybridized carbons (Fsp3) is 1.00. The zero-order valence-electron chi connectivity index (χ0n) is 5.06. The Balaban J connectivity index is 4.12. The van der Waals surface area contributed by atoms with Crippen LogP contribution in [0.25, 0.3) is 0 Å². The minimum Gasteiger partial charge on any atom is -0.228 e. The third-order valence-electron chi connectivity index (χ3n) is 0.873. The molecule has 1 atom stereocenters. The predicted molar refractivity (Wildman–Crippen MR) is 51.0 cm³/mol. The SMILES string of the molecule is O=S(=O)(CCCl)C(Br)CBr. The first kappa shape index (κ1) is 11.2. The molecule has 0 amide bonds. The number of rotatable bonds is 4. The van der Waals surface area contributed by atoms with Crippen LogP contribution < -0.4 is 0 Å². The Morgan fingerprint density at radius 1 is 1.50 bits per heavy atom. The van der Waals surface area contributed by atoms with Gasteiger partial charge in [0.1, 0.15) is 4.16 Å². The Labute approximate surface area is 82.5 Å². The number of halogens is 3. The average Bonchev–Trinajstić information content (AvgIpc) is 1.86. The zero-order valence-corrected chi connectivity index (χ0v) is 9.80. The second-order valence-corrected chi connectivity index (χ2v) is 6.66. The van der Waals surface area contributed by atoms with Gasteiger partial charge in [0.15, 0.2) is 9.84 Å². The minimum atomic E-state index is -3.02. The third kappa shape index (κ3) is 3.55. The normalized spacial score (nSPS) is 15.1. The molecular weight excluding hydrogens is 307 g/mol. The summed E-state index contributed by atoms with van der Waals surface area (Å²) in [6.45, 7) is 0. The van der Waals surface area contributed by atoms with Gasteiger partial charge in [-0.25, -0.2) is 8.42 Å². The van der Waals surface area contributed by atoms with E-state index in [1.165, 1.54) is 0 Å². The largest absolute Gasteiger partial charge is 0.228 e. The first-order chi connectivity index (χ1) is 4.54. The molecule has 0 N–H and O–H groups in total. The number of sulfone groups is 1. The van der Waals surface area contributed by atoms with Crippen LogP contribution in [0, 0.1) is 0 Å². The van der Waals surface area contributed by atoms with Gasteiger partial charge < -0.3 is 0 Å². The maximum absolute atomic E-state index is 11.0. The Morgan fingerprint density at radius 3 is 2.30 bits per heavy atom. The molecule has 0 aromatic rings. The molecule has 0 aliphatic heterocycles. The summed E-state index contributed by atoms with van der Waals surface area (Å²) < 4.78 is 21.5. The average molecular weight is 314 g/mol. The maximum atomic E-state index is 11.0. The quantitative estimate of drug-likeness (QED) is 0.741. The lowest BCUT2D eigenvalue weighted by Gasteiger charge is -2.04. The van der Waals surface area contributed by atoms with Crippen LogP contribution in [0.15, 0.2) is 0 Å². The van der Waals surface area contributed by atoms with Gasteiger partial charge in [-0.3, -0.25) is 0 Å². The third-order valence-corrected chi connectivity index (χ3v) is 6.98. The van der Waals surface area contributed by atoms with Crippen molar-refractivity contribution >= 4 is 53.3 Å². The van der Waals surface area contributed by atoms with Gasteiger partial charge in [0.05, 0.1) is 5.75 Å². The lowest BCUT2D eigenvalue weighted by Crippen LogP contribution is -2.20. The molecule has 2 nitrogen and oxygen atoms in total. The second kappa shape index (κ2) is 4.95. The van der Waals surface area contributed by atoms with Crippen LogP contribution in [0.1, 0.15) is 0 Å². The van der Waals surface area contributed by atoms with Crippen molar-refractivity contribution in [1.82, 2.24) is 0 Å². The highest BCUT2D eigenvalue weighted by molar-refractivity contribution is 9.13. The van der Waals surface area contributed by atoms with Crippen molar-refractivity contribution in [2.75, 3.05) is 17.0 Å². The molecule has 0 rings (SSSR count). The van der Waals surface area contributed by atoms with E-state index >= 15 is 0 Å². The number of alkyl halides is 3. The van der Waals surface area contributed by atoms with Gasteiger partial charge in [0, 0.05) is 11.2 Å². The molecule has 0 fully saturated rings. The van der Waals surface area contributed by atoms with Crippen molar-refractivity contribution in [3.05, 3.63) is 0 Å². The van der Waals surface area contributed by atoms with E-state index in [4.69, 9.17) is 11.6 Å².